The van der Waals surface area contributed by atoms with Crippen molar-refractivity contribution in [2.24, 2.45) is 0 Å². The van der Waals surface area contributed by atoms with E-state index in [-0.39, 0.29) is 7.33 Å². The Morgan fingerprint density at radius 3 is 2.63 bits per heavy atom. The van der Waals surface area contributed by atoms with Crippen LogP contribution in [0.3, 0.4) is 0 Å². The number of amides is 1. The van der Waals surface area contributed by atoms with E-state index in [4.69, 9.17) is 4.74 Å². The number of ether oxygens (including phenoxy) is 1. The van der Waals surface area contributed by atoms with Gasteiger partial charge in [0.2, 0.25) is 0 Å². The summed E-state index contributed by atoms with van der Waals surface area (Å²) in [4.78, 5) is 27.7. The lowest BCUT2D eigenvalue weighted by Crippen LogP contribution is -2.47. The van der Waals surface area contributed by atoms with E-state index in [1.807, 2.05) is 25.2 Å². The fourth-order valence-electron chi connectivity index (χ4n) is 5.36. The van der Waals surface area contributed by atoms with Crippen LogP contribution in [-0.4, -0.2) is 64.5 Å². The molecule has 1 fully saturated rings. The van der Waals surface area contributed by atoms with Gasteiger partial charge in [0.15, 0.2) is 0 Å². The molecule has 1 saturated heterocycles. The van der Waals surface area contributed by atoms with E-state index in [0.717, 1.165) is 62.5 Å². The van der Waals surface area contributed by atoms with Crippen LogP contribution in [0, 0.1) is 20.8 Å². The zero-order valence-electron chi connectivity index (χ0n) is 23.4. The fourth-order valence-corrected chi connectivity index (χ4v) is 6.26. The summed E-state index contributed by atoms with van der Waals surface area (Å²) in [6.45, 7) is 11.9. The molecule has 1 aliphatic heterocycles. The molecule has 4 rings (SSSR count). The lowest BCUT2D eigenvalue weighted by atomic mass is 9.99. The summed E-state index contributed by atoms with van der Waals surface area (Å²) < 4.78 is 5.47. The molecule has 1 amide bonds. The van der Waals surface area contributed by atoms with Crippen LogP contribution in [0.1, 0.15) is 66.2 Å². The molecule has 0 bridgehead atoms. The van der Waals surface area contributed by atoms with Crippen LogP contribution < -0.4 is 5.32 Å². The Hall–Kier alpha value is -2.97. The second kappa shape index (κ2) is 13.2. The summed E-state index contributed by atoms with van der Waals surface area (Å²) in [6, 6.07) is 3.13. The molecule has 0 saturated carbocycles. The van der Waals surface area contributed by atoms with Crippen molar-refractivity contribution in [3.63, 3.8) is 0 Å². The highest BCUT2D eigenvalue weighted by Gasteiger charge is 2.28. The molecule has 8 heteroatoms. The Bertz CT molecular complexity index is 1180. The van der Waals surface area contributed by atoms with Gasteiger partial charge in [-0.25, -0.2) is 9.97 Å². The summed E-state index contributed by atoms with van der Waals surface area (Å²) in [5, 5.41) is 5.28. The Morgan fingerprint density at radius 2 is 1.97 bits per heavy atom. The topological polar surface area (TPSA) is 70.6 Å². The molecule has 7 nitrogen and oxygen atoms in total. The molecule has 0 aromatic carbocycles. The number of rotatable bonds is 10. The number of nitrogens with zero attached hydrogens (tertiary/aromatic N) is 4. The van der Waals surface area contributed by atoms with E-state index in [0.29, 0.717) is 24.2 Å². The lowest BCUT2D eigenvalue weighted by Gasteiger charge is -2.42. The first-order chi connectivity index (χ1) is 18.4. The first-order valence-corrected chi connectivity index (χ1v) is 14.5. The molecule has 1 N–H and O–H groups in total. The van der Waals surface area contributed by atoms with Crippen LogP contribution in [0.4, 0.5) is 0 Å². The van der Waals surface area contributed by atoms with Crippen molar-refractivity contribution in [2.75, 3.05) is 26.7 Å². The number of aryl methyl sites for hydroxylation is 3. The Labute approximate surface area is 232 Å². The molecule has 1 aliphatic carbocycles. The van der Waals surface area contributed by atoms with Crippen LogP contribution in [0.5, 0.6) is 0 Å². The summed E-state index contributed by atoms with van der Waals surface area (Å²) in [5.74, 6) is 0.815. The number of allylic oxidation sites excluding steroid dienone is 4. The third kappa shape index (κ3) is 6.91. The number of carbonyl (C=O) groups excluding carboxylic acids is 1. The first-order valence-electron chi connectivity index (χ1n) is 13.6. The molecule has 3 heterocycles. The van der Waals surface area contributed by atoms with Crippen molar-refractivity contribution in [1.29, 1.82) is 0 Å². The van der Waals surface area contributed by atoms with Crippen LogP contribution in [0.2, 0.25) is 0 Å². The summed E-state index contributed by atoms with van der Waals surface area (Å²) in [7, 11) is 1.72. The van der Waals surface area contributed by atoms with Crippen molar-refractivity contribution < 1.29 is 11.0 Å². The number of piperidine rings is 1. The Kier molecular flexibility index (Phi) is 9.74. The van der Waals surface area contributed by atoms with Gasteiger partial charge in [-0.1, -0.05) is 6.08 Å². The van der Waals surface area contributed by atoms with Crippen LogP contribution in [-0.2, 0) is 11.3 Å². The fraction of sp³-hybridized carbons (Fsp3) is 0.500. The minimum Gasteiger partial charge on any atom is -0.497 e. The zero-order chi connectivity index (χ0) is 27.1. The predicted octanol–water partition coefficient (Wildman–Crippen LogP) is 5.56. The lowest BCUT2D eigenvalue weighted by molar-refractivity contribution is 0.0913. The third-order valence-corrected chi connectivity index (χ3v) is 8.81. The van der Waals surface area contributed by atoms with Crippen molar-refractivity contribution in [3.05, 3.63) is 80.9 Å². The van der Waals surface area contributed by atoms with Gasteiger partial charge in [0.1, 0.15) is 12.1 Å². The molecule has 2 aromatic rings. The van der Waals surface area contributed by atoms with Gasteiger partial charge in [0.05, 0.1) is 30.6 Å². The highest BCUT2D eigenvalue weighted by Crippen LogP contribution is 2.29. The molecule has 206 valence electrons. The molecular weight excluding hydrogens is 494 g/mol. The van der Waals surface area contributed by atoms with Gasteiger partial charge >= 0.3 is 0 Å². The van der Waals surface area contributed by atoms with E-state index in [1.165, 1.54) is 22.5 Å². The number of hydrogen-bond donors (Lipinski definition) is 1. The summed E-state index contributed by atoms with van der Waals surface area (Å²) in [5.41, 5.74) is 4.77. The van der Waals surface area contributed by atoms with Gasteiger partial charge in [-0.15, -0.1) is 11.3 Å². The number of nitrogens with one attached hydrogen (secondary N) is 1. The molecule has 1 unspecified atom stereocenters. The Morgan fingerprint density at radius 1 is 1.24 bits per heavy atom. The van der Waals surface area contributed by atoms with Gasteiger partial charge in [0.25, 0.3) is 5.91 Å². The smallest absolute Gasteiger partial charge is 0.254 e. The van der Waals surface area contributed by atoms with E-state index in [1.54, 1.807) is 7.11 Å². The van der Waals surface area contributed by atoms with Crippen molar-refractivity contribution in [1.82, 2.24) is 25.1 Å². The normalized spacial score (nSPS) is 17.4. The largest absolute Gasteiger partial charge is 0.497 e. The highest BCUT2D eigenvalue weighted by atomic mass is 32.1. The quantitative estimate of drug-likeness (QED) is 0.428. The average molecular weight is 538 g/mol. The van der Waals surface area contributed by atoms with Gasteiger partial charge < -0.3 is 19.9 Å². The number of carbonyl (C=O) groups is 1. The number of aromatic nitrogens is 2. The second-order valence-corrected chi connectivity index (χ2v) is 11.3. The van der Waals surface area contributed by atoms with Gasteiger partial charge in [0, 0.05) is 50.1 Å². The molecule has 2 aliphatic rings. The maximum atomic E-state index is 12.7. The third-order valence-electron chi connectivity index (χ3n) is 7.80. The van der Waals surface area contributed by atoms with Gasteiger partial charge in [-0.3, -0.25) is 4.79 Å². The number of methoxy groups -OCH3 is 1. The zero-order valence-corrected chi connectivity index (χ0v) is 24.2. The summed E-state index contributed by atoms with van der Waals surface area (Å²) in [6.07, 6.45) is 14.2. The molecule has 0 radical (unpaired) electrons. The minimum absolute atomic E-state index is 0. The molecule has 1 atom stereocenters. The number of likely N-dealkylation sites (tertiary alicyclic amines) is 1. The second-order valence-electron chi connectivity index (χ2n) is 10.3. The van der Waals surface area contributed by atoms with Crippen LogP contribution in [0.15, 0.2) is 53.5 Å². The highest BCUT2D eigenvalue weighted by molar-refractivity contribution is 7.10. The van der Waals surface area contributed by atoms with Gasteiger partial charge in [-0.2, -0.15) is 0 Å². The van der Waals surface area contributed by atoms with Crippen molar-refractivity contribution in [3.8, 4) is 0 Å². The van der Waals surface area contributed by atoms with Crippen LogP contribution in [0.25, 0.3) is 0 Å². The molecule has 2 aromatic heterocycles. The van der Waals surface area contributed by atoms with Crippen LogP contribution >= 0.6 is 11.3 Å². The first kappa shape index (κ1) is 28.0. The van der Waals surface area contributed by atoms with E-state index < -0.39 is 0 Å². The van der Waals surface area contributed by atoms with E-state index in [9.17, 15) is 4.79 Å². The Balaban J connectivity index is 0.00000420. The van der Waals surface area contributed by atoms with Crippen molar-refractivity contribution >= 4 is 17.2 Å². The average Bonchev–Trinajstić information content (AvgIpc) is 3.16. The predicted molar refractivity (Wildman–Crippen MR) is 156 cm³/mol. The van der Waals surface area contributed by atoms with E-state index in [2.05, 4.69) is 74.7 Å². The molecular formula is C30H43N5O2S. The number of thiophene rings is 1. The van der Waals surface area contributed by atoms with Gasteiger partial charge in [-0.05, 0) is 82.2 Å². The maximum Gasteiger partial charge on any atom is 0.254 e. The molecule has 38 heavy (non-hydrogen) atoms. The SMILES string of the molecule is COC1=CC=C(N(Cc2sccc2C)C2CCN(C(C)CCNC(=O)c3c(C)ncnc3C)CC2)CC=C1.[HH]. The van der Waals surface area contributed by atoms with E-state index >= 15 is 0 Å². The monoisotopic (exact) mass is 537 g/mol. The minimum atomic E-state index is -0.0811. The van der Waals surface area contributed by atoms with Crippen molar-refractivity contribution in [2.45, 2.75) is 72.0 Å². The standard InChI is InChI=1S/C30H41N5O2S.H2/c1-21-14-18-38-28(21)19-35(25-7-6-8-27(37-5)10-9-25)26-12-16-34(17-13-26)22(2)11-15-31-30(36)29-23(3)32-20-33-24(29)4;/h6,8-10,14,18,20,22,26H,7,11-13,15-17,19H2,1-5H3,(H,31,36);1H. The maximum absolute atomic E-state index is 12.7. The molecule has 0 spiro atoms. The summed E-state index contributed by atoms with van der Waals surface area (Å²) >= 11 is 1.85. The number of hydrogen-bond acceptors (Lipinski definition) is 7.